The fourth-order valence-corrected chi connectivity index (χ4v) is 3.53. The van der Waals surface area contributed by atoms with Crippen molar-refractivity contribution in [3.05, 3.63) is 46.7 Å². The molecule has 24 heavy (non-hydrogen) atoms. The Morgan fingerprint density at radius 3 is 3.00 bits per heavy atom. The van der Waals surface area contributed by atoms with Crippen LogP contribution in [0.2, 0.25) is 0 Å². The summed E-state index contributed by atoms with van der Waals surface area (Å²) in [5, 5.41) is 4.97. The highest BCUT2D eigenvalue weighted by Crippen LogP contribution is 2.27. The van der Waals surface area contributed by atoms with Gasteiger partial charge in [-0.3, -0.25) is 9.59 Å². The van der Waals surface area contributed by atoms with Crippen LogP contribution in [0.4, 0.5) is 5.69 Å². The Morgan fingerprint density at radius 1 is 1.38 bits per heavy atom. The number of carbonyl (C=O) groups excluding carboxylic acids is 2. The van der Waals surface area contributed by atoms with Crippen molar-refractivity contribution in [2.75, 3.05) is 25.1 Å². The lowest BCUT2D eigenvalue weighted by Gasteiger charge is -2.17. The molecule has 1 aliphatic rings. The van der Waals surface area contributed by atoms with Crippen LogP contribution < -0.4 is 15.0 Å². The Bertz CT molecular complexity index is 715. The first-order chi connectivity index (χ1) is 11.7. The molecule has 1 N–H and O–H groups in total. The van der Waals surface area contributed by atoms with Gasteiger partial charge in [0.25, 0.3) is 0 Å². The highest BCUT2D eigenvalue weighted by atomic mass is 32.1. The van der Waals surface area contributed by atoms with Crippen LogP contribution in [0.1, 0.15) is 11.3 Å². The van der Waals surface area contributed by atoms with E-state index in [2.05, 4.69) is 11.4 Å². The van der Waals surface area contributed by atoms with Gasteiger partial charge in [0.15, 0.2) is 0 Å². The third-order valence-electron chi connectivity index (χ3n) is 4.11. The van der Waals surface area contributed by atoms with Gasteiger partial charge in [0.2, 0.25) is 11.8 Å². The van der Waals surface area contributed by atoms with E-state index in [4.69, 9.17) is 4.74 Å². The summed E-state index contributed by atoms with van der Waals surface area (Å²) in [4.78, 5) is 27.5. The molecule has 1 aromatic carbocycles. The lowest BCUT2D eigenvalue weighted by molar-refractivity contribution is -0.126. The number of rotatable bonds is 6. The molecule has 0 bridgehead atoms. The lowest BCUT2D eigenvalue weighted by atomic mass is 10.1. The molecular weight excluding hydrogens is 324 g/mol. The molecular formula is C18H20N2O3S. The van der Waals surface area contributed by atoms with E-state index in [9.17, 15) is 9.59 Å². The number of thiophene rings is 1. The number of anilines is 1. The fraction of sp³-hybridized carbons (Fsp3) is 0.333. The van der Waals surface area contributed by atoms with E-state index in [0.717, 1.165) is 12.1 Å². The maximum Gasteiger partial charge on any atom is 0.227 e. The van der Waals surface area contributed by atoms with Gasteiger partial charge in [0, 0.05) is 36.1 Å². The summed E-state index contributed by atoms with van der Waals surface area (Å²) in [5.41, 5.74) is 0.772. The van der Waals surface area contributed by atoms with E-state index < -0.39 is 0 Å². The lowest BCUT2D eigenvalue weighted by Crippen LogP contribution is -2.34. The van der Waals surface area contributed by atoms with Crippen molar-refractivity contribution in [2.24, 2.45) is 5.92 Å². The molecule has 0 radical (unpaired) electrons. The number of benzene rings is 1. The van der Waals surface area contributed by atoms with Gasteiger partial charge < -0.3 is 15.0 Å². The molecule has 0 saturated carbocycles. The van der Waals surface area contributed by atoms with Crippen LogP contribution in [-0.2, 0) is 16.0 Å². The molecule has 2 amide bonds. The first-order valence-corrected chi connectivity index (χ1v) is 8.80. The predicted octanol–water partition coefficient (Wildman–Crippen LogP) is 2.47. The van der Waals surface area contributed by atoms with Crippen LogP contribution in [0.3, 0.4) is 0 Å². The largest absolute Gasteiger partial charge is 0.497 e. The topological polar surface area (TPSA) is 58.6 Å². The summed E-state index contributed by atoms with van der Waals surface area (Å²) in [6.07, 6.45) is 1.08. The predicted molar refractivity (Wildman–Crippen MR) is 94.5 cm³/mol. The van der Waals surface area contributed by atoms with Gasteiger partial charge in [-0.2, -0.15) is 0 Å². The van der Waals surface area contributed by atoms with Gasteiger partial charge >= 0.3 is 0 Å². The molecule has 1 aliphatic heterocycles. The summed E-state index contributed by atoms with van der Waals surface area (Å²) in [6, 6.07) is 11.4. The van der Waals surface area contributed by atoms with Crippen molar-refractivity contribution in [2.45, 2.75) is 12.8 Å². The number of carbonyl (C=O) groups is 2. The molecule has 3 rings (SSSR count). The van der Waals surface area contributed by atoms with Crippen molar-refractivity contribution < 1.29 is 14.3 Å². The van der Waals surface area contributed by atoms with E-state index in [1.807, 2.05) is 35.7 Å². The third-order valence-corrected chi connectivity index (χ3v) is 5.05. The van der Waals surface area contributed by atoms with Crippen molar-refractivity contribution >= 4 is 28.8 Å². The van der Waals surface area contributed by atoms with Crippen LogP contribution in [0, 0.1) is 5.92 Å². The van der Waals surface area contributed by atoms with Gasteiger partial charge in [-0.25, -0.2) is 0 Å². The average Bonchev–Trinajstić information content (AvgIpc) is 3.24. The second-order valence-electron chi connectivity index (χ2n) is 5.73. The molecule has 0 spiro atoms. The first-order valence-electron chi connectivity index (χ1n) is 7.92. The number of amides is 2. The van der Waals surface area contributed by atoms with Crippen LogP contribution in [0.5, 0.6) is 5.75 Å². The van der Waals surface area contributed by atoms with Crippen molar-refractivity contribution in [1.29, 1.82) is 0 Å². The molecule has 126 valence electrons. The number of hydrogen-bond acceptors (Lipinski definition) is 4. The van der Waals surface area contributed by atoms with Crippen molar-refractivity contribution in [3.63, 3.8) is 0 Å². The monoisotopic (exact) mass is 344 g/mol. The number of nitrogens with one attached hydrogen (secondary N) is 1. The first kappa shape index (κ1) is 16.5. The standard InChI is InChI=1S/C18H20N2O3S/c1-23-15-5-2-4-14(11-15)20-12-13(10-17(20)21)18(22)19-8-7-16-6-3-9-24-16/h2-6,9,11,13H,7-8,10,12H2,1H3,(H,19,22). The second-order valence-corrected chi connectivity index (χ2v) is 6.76. The summed E-state index contributed by atoms with van der Waals surface area (Å²) in [6.45, 7) is 1.01. The highest BCUT2D eigenvalue weighted by Gasteiger charge is 2.35. The number of nitrogens with zero attached hydrogens (tertiary/aromatic N) is 1. The maximum absolute atomic E-state index is 12.3. The van der Waals surface area contributed by atoms with Gasteiger partial charge in [-0.1, -0.05) is 12.1 Å². The van der Waals surface area contributed by atoms with Gasteiger partial charge in [0.1, 0.15) is 5.75 Å². The number of methoxy groups -OCH3 is 1. The third kappa shape index (κ3) is 3.76. The zero-order chi connectivity index (χ0) is 16.9. The Kier molecular flexibility index (Phi) is 5.15. The van der Waals surface area contributed by atoms with Gasteiger partial charge in [0.05, 0.1) is 13.0 Å². The molecule has 5 nitrogen and oxygen atoms in total. The van der Waals surface area contributed by atoms with E-state index in [1.165, 1.54) is 4.88 Å². The second kappa shape index (κ2) is 7.49. The van der Waals surface area contributed by atoms with E-state index >= 15 is 0 Å². The molecule has 2 heterocycles. The van der Waals surface area contributed by atoms with Crippen molar-refractivity contribution in [1.82, 2.24) is 5.32 Å². The van der Waals surface area contributed by atoms with Crippen LogP contribution in [-0.4, -0.2) is 32.0 Å². The summed E-state index contributed by atoms with van der Waals surface area (Å²) >= 11 is 1.68. The summed E-state index contributed by atoms with van der Waals surface area (Å²) < 4.78 is 5.20. The molecule has 0 aliphatic carbocycles. The Hall–Kier alpha value is -2.34. The smallest absolute Gasteiger partial charge is 0.227 e. The summed E-state index contributed by atoms with van der Waals surface area (Å²) in [5.74, 6) is 0.322. The Balaban J connectivity index is 1.56. The zero-order valence-electron chi connectivity index (χ0n) is 13.5. The average molecular weight is 344 g/mol. The fourth-order valence-electron chi connectivity index (χ4n) is 2.82. The van der Waals surface area contributed by atoms with Gasteiger partial charge in [-0.15, -0.1) is 11.3 Å². The Labute approximate surface area is 145 Å². The molecule has 1 aromatic heterocycles. The molecule has 1 atom stereocenters. The number of hydrogen-bond donors (Lipinski definition) is 1. The SMILES string of the molecule is COc1cccc(N2CC(C(=O)NCCc3cccs3)CC2=O)c1. The van der Waals surface area contributed by atoms with Gasteiger partial charge in [-0.05, 0) is 30.0 Å². The minimum Gasteiger partial charge on any atom is -0.497 e. The van der Waals surface area contributed by atoms with E-state index in [0.29, 0.717) is 18.8 Å². The van der Waals surface area contributed by atoms with Crippen molar-refractivity contribution in [3.8, 4) is 5.75 Å². The highest BCUT2D eigenvalue weighted by molar-refractivity contribution is 7.09. The maximum atomic E-state index is 12.3. The molecule has 6 heteroatoms. The molecule has 1 unspecified atom stereocenters. The number of ether oxygens (including phenoxy) is 1. The minimum atomic E-state index is -0.299. The zero-order valence-corrected chi connectivity index (χ0v) is 14.3. The van der Waals surface area contributed by atoms with Crippen LogP contribution in [0.15, 0.2) is 41.8 Å². The molecule has 1 saturated heterocycles. The normalized spacial score (nSPS) is 17.1. The van der Waals surface area contributed by atoms with Crippen LogP contribution >= 0.6 is 11.3 Å². The quantitative estimate of drug-likeness (QED) is 0.876. The molecule has 2 aromatic rings. The summed E-state index contributed by atoms with van der Waals surface area (Å²) in [7, 11) is 1.59. The van der Waals surface area contributed by atoms with E-state index in [1.54, 1.807) is 23.3 Å². The molecule has 1 fully saturated rings. The van der Waals surface area contributed by atoms with Crippen LogP contribution in [0.25, 0.3) is 0 Å². The Morgan fingerprint density at radius 2 is 2.25 bits per heavy atom. The van der Waals surface area contributed by atoms with E-state index in [-0.39, 0.29) is 24.2 Å². The minimum absolute atomic E-state index is 0.0262.